The number of halogens is 3. The van der Waals surface area contributed by atoms with Crippen LogP contribution in [0.3, 0.4) is 0 Å². The maximum atomic E-state index is 13.3. The van der Waals surface area contributed by atoms with Crippen molar-refractivity contribution in [1.82, 2.24) is 15.3 Å². The van der Waals surface area contributed by atoms with Crippen LogP contribution in [0, 0.1) is 0 Å². The zero-order valence-electron chi connectivity index (χ0n) is 13.3. The summed E-state index contributed by atoms with van der Waals surface area (Å²) in [5.41, 5.74) is -1.62. The minimum atomic E-state index is -4.70. The molecule has 0 spiro atoms. The van der Waals surface area contributed by atoms with E-state index in [2.05, 4.69) is 20.6 Å². The second-order valence-corrected chi connectivity index (χ2v) is 5.84. The minimum absolute atomic E-state index is 0.0187. The molecule has 2 heterocycles. The molecule has 1 aromatic heterocycles. The van der Waals surface area contributed by atoms with Crippen molar-refractivity contribution in [2.45, 2.75) is 25.1 Å². The maximum absolute atomic E-state index is 13.3. The van der Waals surface area contributed by atoms with Crippen LogP contribution in [0.25, 0.3) is 0 Å². The molecule has 1 fully saturated rings. The first-order valence-corrected chi connectivity index (χ1v) is 7.96. The molecule has 1 aromatic carbocycles. The van der Waals surface area contributed by atoms with E-state index in [9.17, 15) is 18.0 Å². The lowest BCUT2D eigenvalue weighted by Gasteiger charge is -2.24. The molecule has 2 aromatic rings. The molecular weight excluding hydrogens is 333 g/mol. The number of rotatable bonds is 4. The third-order valence-corrected chi connectivity index (χ3v) is 3.98. The fourth-order valence-electron chi connectivity index (χ4n) is 2.72. The topological polar surface area (TPSA) is 66.9 Å². The van der Waals surface area contributed by atoms with Crippen LogP contribution in [0.1, 0.15) is 34.5 Å². The van der Waals surface area contributed by atoms with Gasteiger partial charge in [0.25, 0.3) is 0 Å². The Bertz CT molecular complexity index is 743. The molecule has 5 nitrogen and oxygen atoms in total. The Kier molecular flexibility index (Phi) is 4.98. The van der Waals surface area contributed by atoms with Crippen LogP contribution in [0.15, 0.2) is 36.5 Å². The Morgan fingerprint density at radius 3 is 2.64 bits per heavy atom. The van der Waals surface area contributed by atoms with E-state index in [0.29, 0.717) is 12.7 Å². The van der Waals surface area contributed by atoms with Crippen LogP contribution < -0.4 is 10.6 Å². The normalized spacial score (nSPS) is 18.0. The van der Waals surface area contributed by atoms with Gasteiger partial charge in [0, 0.05) is 24.3 Å². The SMILES string of the molecule is O=C(c1ccccc1)c1nc(NC2CCCNC2)ncc1C(F)(F)F. The van der Waals surface area contributed by atoms with Gasteiger partial charge < -0.3 is 10.6 Å². The van der Waals surface area contributed by atoms with E-state index in [1.54, 1.807) is 18.2 Å². The second kappa shape index (κ2) is 7.18. The largest absolute Gasteiger partial charge is 0.420 e. The fourth-order valence-corrected chi connectivity index (χ4v) is 2.72. The summed E-state index contributed by atoms with van der Waals surface area (Å²) >= 11 is 0. The summed E-state index contributed by atoms with van der Waals surface area (Å²) in [6, 6.07) is 7.81. The van der Waals surface area contributed by atoms with Crippen molar-refractivity contribution in [1.29, 1.82) is 0 Å². The summed E-state index contributed by atoms with van der Waals surface area (Å²) in [5.74, 6) is -0.749. The van der Waals surface area contributed by atoms with Crippen molar-refractivity contribution in [3.63, 3.8) is 0 Å². The summed E-state index contributed by atoms with van der Waals surface area (Å²) in [4.78, 5) is 20.2. The number of carbonyl (C=O) groups excluding carboxylic acids is 1. The van der Waals surface area contributed by atoms with Gasteiger partial charge in [0.1, 0.15) is 11.3 Å². The molecule has 0 saturated carbocycles. The highest BCUT2D eigenvalue weighted by molar-refractivity contribution is 6.08. The van der Waals surface area contributed by atoms with Crippen LogP contribution in [-0.4, -0.2) is 34.9 Å². The molecule has 1 atom stereocenters. The third-order valence-electron chi connectivity index (χ3n) is 3.98. The Balaban J connectivity index is 1.94. The molecule has 0 bridgehead atoms. The van der Waals surface area contributed by atoms with Gasteiger partial charge >= 0.3 is 6.18 Å². The Hall–Kier alpha value is -2.48. The van der Waals surface area contributed by atoms with Crippen molar-refractivity contribution < 1.29 is 18.0 Å². The van der Waals surface area contributed by atoms with E-state index in [1.165, 1.54) is 12.1 Å². The number of anilines is 1. The first kappa shape index (κ1) is 17.3. The smallest absolute Gasteiger partial charge is 0.350 e. The van der Waals surface area contributed by atoms with Crippen LogP contribution in [0.5, 0.6) is 0 Å². The average Bonchev–Trinajstić information content (AvgIpc) is 2.62. The predicted molar refractivity (Wildman–Crippen MR) is 86.4 cm³/mol. The first-order valence-electron chi connectivity index (χ1n) is 7.96. The average molecular weight is 350 g/mol. The highest BCUT2D eigenvalue weighted by Crippen LogP contribution is 2.32. The maximum Gasteiger partial charge on any atom is 0.420 e. The van der Waals surface area contributed by atoms with E-state index >= 15 is 0 Å². The zero-order chi connectivity index (χ0) is 17.9. The molecule has 0 radical (unpaired) electrons. The van der Waals surface area contributed by atoms with Gasteiger partial charge in [-0.05, 0) is 19.4 Å². The minimum Gasteiger partial charge on any atom is -0.350 e. The first-order chi connectivity index (χ1) is 11.9. The molecule has 0 amide bonds. The lowest BCUT2D eigenvalue weighted by atomic mass is 10.0. The van der Waals surface area contributed by atoms with Crippen molar-refractivity contribution in [3.05, 3.63) is 53.3 Å². The van der Waals surface area contributed by atoms with Gasteiger partial charge in [-0.15, -0.1) is 0 Å². The quantitative estimate of drug-likeness (QED) is 0.830. The summed E-state index contributed by atoms with van der Waals surface area (Å²) in [5, 5.41) is 6.19. The number of aromatic nitrogens is 2. The third kappa shape index (κ3) is 4.14. The van der Waals surface area contributed by atoms with Crippen LogP contribution in [0.2, 0.25) is 0 Å². The molecule has 3 rings (SSSR count). The molecule has 1 aliphatic rings. The van der Waals surface area contributed by atoms with Crippen LogP contribution in [-0.2, 0) is 6.18 Å². The lowest BCUT2D eigenvalue weighted by molar-refractivity contribution is -0.138. The molecular formula is C17H17F3N4O. The van der Waals surface area contributed by atoms with E-state index < -0.39 is 23.2 Å². The van der Waals surface area contributed by atoms with Gasteiger partial charge in [0.2, 0.25) is 11.7 Å². The van der Waals surface area contributed by atoms with Crippen LogP contribution >= 0.6 is 0 Å². The van der Waals surface area contributed by atoms with Crippen molar-refractivity contribution >= 4 is 11.7 Å². The Morgan fingerprint density at radius 1 is 1.24 bits per heavy atom. The lowest BCUT2D eigenvalue weighted by Crippen LogP contribution is -2.39. The summed E-state index contributed by atoms with van der Waals surface area (Å²) in [7, 11) is 0. The van der Waals surface area contributed by atoms with Gasteiger partial charge in [-0.1, -0.05) is 30.3 Å². The summed E-state index contributed by atoms with van der Waals surface area (Å²) < 4.78 is 39.8. The fraction of sp³-hybridized carbons (Fsp3) is 0.353. The van der Waals surface area contributed by atoms with Gasteiger partial charge in [-0.25, -0.2) is 9.97 Å². The van der Waals surface area contributed by atoms with Crippen molar-refractivity contribution in [2.24, 2.45) is 0 Å². The number of carbonyl (C=O) groups is 1. The molecule has 2 N–H and O–H groups in total. The number of benzene rings is 1. The number of nitrogens with zero attached hydrogens (tertiary/aromatic N) is 2. The molecule has 0 aliphatic carbocycles. The molecule has 132 valence electrons. The highest BCUT2D eigenvalue weighted by Gasteiger charge is 2.37. The van der Waals surface area contributed by atoms with E-state index in [4.69, 9.17) is 0 Å². The van der Waals surface area contributed by atoms with E-state index in [-0.39, 0.29) is 17.6 Å². The monoisotopic (exact) mass is 350 g/mol. The molecule has 1 aliphatic heterocycles. The number of ketones is 1. The Labute approximate surface area is 142 Å². The van der Waals surface area contributed by atoms with Gasteiger partial charge in [0.05, 0.1) is 0 Å². The standard InChI is InChI=1S/C17H17F3N4O/c18-17(19,20)13-10-22-16(23-12-7-4-8-21-9-12)24-14(13)15(25)11-5-2-1-3-6-11/h1-3,5-6,10,12,21H,4,7-9H2,(H,22,23,24). The van der Waals surface area contributed by atoms with Gasteiger partial charge in [0.15, 0.2) is 0 Å². The number of piperidine rings is 1. The zero-order valence-corrected chi connectivity index (χ0v) is 13.3. The number of hydrogen-bond acceptors (Lipinski definition) is 5. The number of alkyl halides is 3. The van der Waals surface area contributed by atoms with E-state index in [0.717, 1.165) is 19.4 Å². The number of hydrogen-bond donors (Lipinski definition) is 2. The number of nitrogens with one attached hydrogen (secondary N) is 2. The van der Waals surface area contributed by atoms with Crippen LogP contribution in [0.4, 0.5) is 19.1 Å². The summed E-state index contributed by atoms with van der Waals surface area (Å²) in [6.45, 7) is 1.58. The second-order valence-electron chi connectivity index (χ2n) is 5.84. The summed E-state index contributed by atoms with van der Waals surface area (Å²) in [6.07, 6.45) is -2.22. The van der Waals surface area contributed by atoms with Gasteiger partial charge in [-0.2, -0.15) is 13.2 Å². The Morgan fingerprint density at radius 2 is 2.00 bits per heavy atom. The van der Waals surface area contributed by atoms with E-state index in [1.807, 2.05) is 0 Å². The van der Waals surface area contributed by atoms with Crippen molar-refractivity contribution in [2.75, 3.05) is 18.4 Å². The molecule has 8 heteroatoms. The van der Waals surface area contributed by atoms with Gasteiger partial charge in [-0.3, -0.25) is 4.79 Å². The van der Waals surface area contributed by atoms with Crippen molar-refractivity contribution in [3.8, 4) is 0 Å². The molecule has 25 heavy (non-hydrogen) atoms. The predicted octanol–water partition coefficient (Wildman–Crippen LogP) is 2.89. The highest BCUT2D eigenvalue weighted by atomic mass is 19.4. The molecule has 1 saturated heterocycles. The molecule has 1 unspecified atom stereocenters.